The highest BCUT2D eigenvalue weighted by atomic mass is 35.5. The maximum absolute atomic E-state index is 7.83. The largest absolute Gasteiger partial charge is 0.357 e. The topological polar surface area (TPSA) is 51.2 Å². The first-order valence-electron chi connectivity index (χ1n) is 8.27. The fraction of sp³-hybridized carbons (Fsp3) is 0.588. The minimum absolute atomic E-state index is 0. The zero-order chi connectivity index (χ0) is 15.6. The van der Waals surface area contributed by atoms with E-state index >= 15 is 0 Å². The van der Waals surface area contributed by atoms with E-state index in [1.807, 2.05) is 12.1 Å². The van der Waals surface area contributed by atoms with Gasteiger partial charge in [0.1, 0.15) is 0 Å². The van der Waals surface area contributed by atoms with E-state index in [9.17, 15) is 0 Å². The second-order valence-electron chi connectivity index (χ2n) is 5.86. The van der Waals surface area contributed by atoms with E-state index in [2.05, 4.69) is 27.7 Å². The number of rotatable bonds is 8. The molecular formula is C17H29Cl3N4. The van der Waals surface area contributed by atoms with Crippen molar-refractivity contribution in [3.63, 3.8) is 0 Å². The van der Waals surface area contributed by atoms with Crippen molar-refractivity contribution in [2.45, 2.75) is 32.1 Å². The summed E-state index contributed by atoms with van der Waals surface area (Å²) in [6, 6.07) is 7.97. The molecule has 1 aromatic carbocycles. The van der Waals surface area contributed by atoms with Crippen molar-refractivity contribution in [1.29, 1.82) is 5.41 Å². The van der Waals surface area contributed by atoms with Gasteiger partial charge in [0.05, 0.1) is 0 Å². The Bertz CT molecular complexity index is 448. The molecule has 3 N–H and O–H groups in total. The van der Waals surface area contributed by atoms with E-state index in [0.29, 0.717) is 5.96 Å². The van der Waals surface area contributed by atoms with Crippen molar-refractivity contribution in [3.05, 3.63) is 34.9 Å². The first kappa shape index (κ1) is 23.3. The van der Waals surface area contributed by atoms with Crippen LogP contribution in [0.5, 0.6) is 0 Å². The number of benzene rings is 1. The third kappa shape index (κ3) is 9.58. The number of hydrogen-bond donors (Lipinski definition) is 3. The summed E-state index contributed by atoms with van der Waals surface area (Å²) in [5, 5.41) is 14.9. The molecule has 1 fully saturated rings. The van der Waals surface area contributed by atoms with Crippen LogP contribution >= 0.6 is 36.4 Å². The van der Waals surface area contributed by atoms with Crippen molar-refractivity contribution >= 4 is 42.4 Å². The van der Waals surface area contributed by atoms with Crippen molar-refractivity contribution < 1.29 is 0 Å². The van der Waals surface area contributed by atoms with Gasteiger partial charge in [-0.15, -0.1) is 24.8 Å². The molecule has 0 unspecified atom stereocenters. The lowest BCUT2D eigenvalue weighted by atomic mass is 10.1. The molecule has 7 heteroatoms. The van der Waals surface area contributed by atoms with Crippen LogP contribution < -0.4 is 10.6 Å². The number of nitrogens with zero attached hydrogens (tertiary/aromatic N) is 1. The number of likely N-dealkylation sites (tertiary alicyclic amines) is 1. The zero-order valence-electron chi connectivity index (χ0n) is 14.0. The number of guanidine groups is 1. The Labute approximate surface area is 163 Å². The lowest BCUT2D eigenvalue weighted by Crippen LogP contribution is -2.38. The van der Waals surface area contributed by atoms with Crippen LogP contribution in [0.3, 0.4) is 0 Å². The third-order valence-electron chi connectivity index (χ3n) is 4.01. The van der Waals surface area contributed by atoms with Crippen LogP contribution in [0.4, 0.5) is 0 Å². The summed E-state index contributed by atoms with van der Waals surface area (Å²) >= 11 is 5.86. The molecule has 0 radical (unpaired) electrons. The van der Waals surface area contributed by atoms with Gasteiger partial charge in [-0.3, -0.25) is 5.41 Å². The molecule has 2 rings (SSSR count). The van der Waals surface area contributed by atoms with Gasteiger partial charge in [0.25, 0.3) is 0 Å². The monoisotopic (exact) mass is 394 g/mol. The van der Waals surface area contributed by atoms with E-state index in [0.717, 1.165) is 43.9 Å². The lowest BCUT2D eigenvalue weighted by Gasteiger charge is -2.15. The Morgan fingerprint density at radius 3 is 2.21 bits per heavy atom. The average Bonchev–Trinajstić information content (AvgIpc) is 3.03. The maximum atomic E-state index is 7.83. The molecule has 0 aliphatic carbocycles. The maximum Gasteiger partial charge on any atom is 0.188 e. The van der Waals surface area contributed by atoms with Crippen LogP contribution in [0, 0.1) is 5.41 Å². The molecule has 0 atom stereocenters. The lowest BCUT2D eigenvalue weighted by molar-refractivity contribution is 0.334. The fourth-order valence-electron chi connectivity index (χ4n) is 2.74. The number of nitrogens with one attached hydrogen (secondary N) is 3. The van der Waals surface area contributed by atoms with Crippen molar-refractivity contribution in [1.82, 2.24) is 15.5 Å². The number of hydrogen-bond acceptors (Lipinski definition) is 2. The van der Waals surface area contributed by atoms with E-state index in [1.165, 1.54) is 31.5 Å². The summed E-state index contributed by atoms with van der Waals surface area (Å²) in [7, 11) is 0. The van der Waals surface area contributed by atoms with Gasteiger partial charge in [-0.1, -0.05) is 23.7 Å². The summed E-state index contributed by atoms with van der Waals surface area (Å²) in [6.45, 7) is 5.34. The second kappa shape index (κ2) is 13.6. The highest BCUT2D eigenvalue weighted by Crippen LogP contribution is 2.10. The van der Waals surface area contributed by atoms with Gasteiger partial charge < -0.3 is 15.5 Å². The third-order valence-corrected chi connectivity index (χ3v) is 4.26. The van der Waals surface area contributed by atoms with Crippen LogP contribution in [0.1, 0.15) is 31.2 Å². The molecule has 1 saturated heterocycles. The van der Waals surface area contributed by atoms with E-state index in [1.54, 1.807) is 0 Å². The second-order valence-corrected chi connectivity index (χ2v) is 6.30. The van der Waals surface area contributed by atoms with E-state index in [-0.39, 0.29) is 24.8 Å². The molecule has 24 heavy (non-hydrogen) atoms. The van der Waals surface area contributed by atoms with Crippen LogP contribution in [0.2, 0.25) is 5.02 Å². The first-order chi connectivity index (χ1) is 10.7. The van der Waals surface area contributed by atoms with Gasteiger partial charge in [0.2, 0.25) is 0 Å². The molecule has 0 aromatic heterocycles. The Morgan fingerprint density at radius 1 is 1.00 bits per heavy atom. The van der Waals surface area contributed by atoms with E-state index in [4.69, 9.17) is 17.0 Å². The summed E-state index contributed by atoms with van der Waals surface area (Å²) in [6.07, 6.45) is 5.82. The predicted molar refractivity (Wildman–Crippen MR) is 108 cm³/mol. The molecule has 1 aromatic rings. The van der Waals surface area contributed by atoms with Gasteiger partial charge in [0, 0.05) is 18.1 Å². The summed E-state index contributed by atoms with van der Waals surface area (Å²) in [4.78, 5) is 2.50. The highest BCUT2D eigenvalue weighted by molar-refractivity contribution is 6.30. The van der Waals surface area contributed by atoms with Crippen LogP contribution in [-0.4, -0.2) is 43.6 Å². The van der Waals surface area contributed by atoms with Gasteiger partial charge in [0.15, 0.2) is 5.96 Å². The Kier molecular flexibility index (Phi) is 13.2. The SMILES string of the molecule is Cl.Cl.N=C(NCCCc1ccc(Cl)cc1)NCCCN1CCCC1. The molecular weight excluding hydrogens is 367 g/mol. The normalized spacial score (nSPS) is 13.7. The molecule has 0 saturated carbocycles. The van der Waals surface area contributed by atoms with E-state index < -0.39 is 0 Å². The minimum atomic E-state index is 0. The smallest absolute Gasteiger partial charge is 0.188 e. The molecule has 138 valence electrons. The van der Waals surface area contributed by atoms with Crippen LogP contribution in [0.15, 0.2) is 24.3 Å². The fourth-order valence-corrected chi connectivity index (χ4v) is 2.87. The molecule has 1 aliphatic rings. The molecule has 0 spiro atoms. The molecule has 0 amide bonds. The Balaban J connectivity index is 0.00000264. The van der Waals surface area contributed by atoms with Crippen molar-refractivity contribution in [2.75, 3.05) is 32.7 Å². The summed E-state index contributed by atoms with van der Waals surface area (Å²) in [5.41, 5.74) is 1.29. The Hall–Kier alpha value is -0.680. The highest BCUT2D eigenvalue weighted by Gasteiger charge is 2.10. The van der Waals surface area contributed by atoms with Crippen LogP contribution in [0.25, 0.3) is 0 Å². The van der Waals surface area contributed by atoms with Crippen LogP contribution in [-0.2, 0) is 6.42 Å². The predicted octanol–water partition coefficient (Wildman–Crippen LogP) is 3.72. The quantitative estimate of drug-likeness (QED) is 0.357. The van der Waals surface area contributed by atoms with Crippen molar-refractivity contribution in [3.8, 4) is 0 Å². The molecule has 1 heterocycles. The minimum Gasteiger partial charge on any atom is -0.357 e. The van der Waals surface area contributed by atoms with Gasteiger partial charge in [-0.2, -0.15) is 0 Å². The summed E-state index contributed by atoms with van der Waals surface area (Å²) in [5.74, 6) is 0.442. The average molecular weight is 396 g/mol. The zero-order valence-corrected chi connectivity index (χ0v) is 16.4. The summed E-state index contributed by atoms with van der Waals surface area (Å²) < 4.78 is 0. The first-order valence-corrected chi connectivity index (χ1v) is 8.65. The Morgan fingerprint density at radius 2 is 1.58 bits per heavy atom. The standard InChI is InChI=1S/C17H27ClN4.2ClH/c18-16-8-6-15(7-9-16)5-3-10-20-17(19)21-11-4-14-22-12-1-2-13-22;;/h6-9H,1-5,10-14H2,(H3,19,20,21);2*1H. The van der Waals surface area contributed by atoms with Gasteiger partial charge in [-0.05, 0) is 69.4 Å². The molecule has 0 bridgehead atoms. The number of aryl methyl sites for hydroxylation is 1. The van der Waals surface area contributed by atoms with Crippen molar-refractivity contribution in [2.24, 2.45) is 0 Å². The molecule has 1 aliphatic heterocycles. The van der Waals surface area contributed by atoms with Gasteiger partial charge >= 0.3 is 0 Å². The number of halogens is 3. The molecule has 4 nitrogen and oxygen atoms in total. The van der Waals surface area contributed by atoms with Gasteiger partial charge in [-0.25, -0.2) is 0 Å².